The van der Waals surface area contributed by atoms with Gasteiger partial charge in [-0.3, -0.25) is 14.3 Å². The van der Waals surface area contributed by atoms with Crippen LogP contribution in [-0.4, -0.2) is 50.6 Å². The Hall–Kier alpha value is -1.92. The highest BCUT2D eigenvalue weighted by atomic mass is 16.2. The molecule has 1 aliphatic heterocycles. The van der Waals surface area contributed by atoms with E-state index in [0.717, 1.165) is 37.5 Å². The molecule has 1 aliphatic carbocycles. The summed E-state index contributed by atoms with van der Waals surface area (Å²) in [6, 6.07) is 0.369. The van der Waals surface area contributed by atoms with Crippen molar-refractivity contribution in [2.45, 2.75) is 65.0 Å². The molecule has 1 aromatic heterocycles. The Morgan fingerprint density at radius 3 is 2.71 bits per heavy atom. The molecule has 2 fully saturated rings. The summed E-state index contributed by atoms with van der Waals surface area (Å²) in [5.74, 6) is 1.64. The number of aromatic nitrogens is 3. The fraction of sp³-hybridized carbons (Fsp3) is 0.765. The third-order valence-corrected chi connectivity index (χ3v) is 5.10. The van der Waals surface area contributed by atoms with Gasteiger partial charge in [0.05, 0.1) is 5.92 Å². The van der Waals surface area contributed by atoms with E-state index in [9.17, 15) is 9.59 Å². The van der Waals surface area contributed by atoms with E-state index < -0.39 is 0 Å². The molecule has 3 rings (SSSR count). The smallest absolute Gasteiger partial charge is 0.225 e. The zero-order valence-corrected chi connectivity index (χ0v) is 14.6. The monoisotopic (exact) mass is 333 g/mol. The van der Waals surface area contributed by atoms with Gasteiger partial charge in [-0.15, -0.1) is 0 Å². The fourth-order valence-corrected chi connectivity index (χ4v) is 3.83. The van der Waals surface area contributed by atoms with Gasteiger partial charge in [-0.2, -0.15) is 5.10 Å². The van der Waals surface area contributed by atoms with E-state index in [0.29, 0.717) is 25.6 Å². The van der Waals surface area contributed by atoms with E-state index in [1.807, 2.05) is 23.4 Å². The van der Waals surface area contributed by atoms with Crippen LogP contribution in [0.25, 0.3) is 0 Å². The Morgan fingerprint density at radius 1 is 1.29 bits per heavy atom. The van der Waals surface area contributed by atoms with Crippen molar-refractivity contribution < 1.29 is 9.59 Å². The molecule has 1 atom stereocenters. The van der Waals surface area contributed by atoms with Crippen LogP contribution in [0.4, 0.5) is 0 Å². The maximum Gasteiger partial charge on any atom is 0.225 e. The lowest BCUT2D eigenvalue weighted by molar-refractivity contribution is -0.130. The van der Waals surface area contributed by atoms with E-state index in [1.54, 1.807) is 0 Å². The number of amides is 2. The van der Waals surface area contributed by atoms with Crippen molar-refractivity contribution in [1.29, 1.82) is 0 Å². The van der Waals surface area contributed by atoms with E-state index in [4.69, 9.17) is 0 Å². The zero-order valence-electron chi connectivity index (χ0n) is 14.6. The van der Waals surface area contributed by atoms with Crippen molar-refractivity contribution in [3.8, 4) is 0 Å². The average Bonchev–Trinajstić information content (AvgIpc) is 3.24. The van der Waals surface area contributed by atoms with Crippen LogP contribution in [0.2, 0.25) is 0 Å². The first-order valence-corrected chi connectivity index (χ1v) is 9.00. The first-order chi connectivity index (χ1) is 11.5. The molecule has 1 aromatic rings. The lowest BCUT2D eigenvalue weighted by Crippen LogP contribution is -2.37. The number of nitrogens with one attached hydrogen (secondary N) is 1. The van der Waals surface area contributed by atoms with Gasteiger partial charge >= 0.3 is 0 Å². The molecule has 7 heteroatoms. The van der Waals surface area contributed by atoms with Gasteiger partial charge in [0.15, 0.2) is 0 Å². The molecule has 132 valence electrons. The van der Waals surface area contributed by atoms with Crippen LogP contribution in [0.1, 0.15) is 50.2 Å². The molecule has 24 heavy (non-hydrogen) atoms. The highest BCUT2D eigenvalue weighted by molar-refractivity contribution is 5.89. The molecule has 1 N–H and O–H groups in total. The van der Waals surface area contributed by atoms with E-state index >= 15 is 0 Å². The van der Waals surface area contributed by atoms with Gasteiger partial charge in [0.2, 0.25) is 11.8 Å². The maximum atomic E-state index is 12.3. The molecule has 1 saturated carbocycles. The molecule has 2 aliphatic rings. The highest BCUT2D eigenvalue weighted by Crippen LogP contribution is 2.29. The molecule has 0 radical (unpaired) electrons. The third-order valence-electron chi connectivity index (χ3n) is 5.10. The van der Waals surface area contributed by atoms with Crippen LogP contribution >= 0.6 is 0 Å². The van der Waals surface area contributed by atoms with Crippen molar-refractivity contribution in [2.24, 2.45) is 5.92 Å². The van der Waals surface area contributed by atoms with Gasteiger partial charge in [0.25, 0.3) is 0 Å². The molecule has 1 saturated heterocycles. The van der Waals surface area contributed by atoms with Gasteiger partial charge in [-0.05, 0) is 33.1 Å². The Bertz CT molecular complexity index is 606. The zero-order chi connectivity index (χ0) is 17.1. The van der Waals surface area contributed by atoms with Crippen LogP contribution in [-0.2, 0) is 16.1 Å². The lowest BCUT2D eigenvalue weighted by atomic mass is 10.1. The van der Waals surface area contributed by atoms with E-state index in [1.165, 1.54) is 12.8 Å². The average molecular weight is 333 g/mol. The summed E-state index contributed by atoms with van der Waals surface area (Å²) in [4.78, 5) is 30.7. The number of nitrogens with zero attached hydrogens (tertiary/aromatic N) is 4. The fourth-order valence-electron chi connectivity index (χ4n) is 3.83. The Balaban J connectivity index is 1.41. The predicted molar refractivity (Wildman–Crippen MR) is 89.2 cm³/mol. The minimum atomic E-state index is -0.187. The minimum Gasteiger partial charge on any atom is -0.356 e. The Morgan fingerprint density at radius 2 is 2.04 bits per heavy atom. The van der Waals surface area contributed by atoms with Crippen LogP contribution in [0.3, 0.4) is 0 Å². The molecule has 2 amide bonds. The quantitative estimate of drug-likeness (QED) is 0.793. The number of aryl methyl sites for hydroxylation is 3. The number of hydrogen-bond donors (Lipinski definition) is 1. The number of rotatable bonds is 6. The van der Waals surface area contributed by atoms with Crippen LogP contribution < -0.4 is 5.32 Å². The first-order valence-electron chi connectivity index (χ1n) is 9.00. The molecule has 0 aromatic carbocycles. The number of likely N-dealkylation sites (tertiary alicyclic amines) is 1. The van der Waals surface area contributed by atoms with Crippen LogP contribution in [0.5, 0.6) is 0 Å². The summed E-state index contributed by atoms with van der Waals surface area (Å²) < 4.78 is 1.86. The summed E-state index contributed by atoms with van der Waals surface area (Å²) >= 11 is 0. The molecule has 0 spiro atoms. The molecular weight excluding hydrogens is 306 g/mol. The maximum absolute atomic E-state index is 12.3. The molecule has 2 heterocycles. The lowest BCUT2D eigenvalue weighted by Gasteiger charge is -2.23. The molecule has 0 bridgehead atoms. The standard InChI is InChI=1S/C17H27N5O2/c1-12-19-13(2)22(20-12)9-5-8-18-17(24)14-10-16(23)21(11-14)15-6-3-4-7-15/h14-15H,3-11H2,1-2H3,(H,18,24)/t14-/m1/s1. The normalized spacial score (nSPS) is 21.7. The van der Waals surface area contributed by atoms with Gasteiger partial charge in [-0.1, -0.05) is 12.8 Å². The first kappa shape index (κ1) is 16.9. The van der Waals surface area contributed by atoms with E-state index in [-0.39, 0.29) is 17.7 Å². The number of carbonyl (C=O) groups excluding carboxylic acids is 2. The molecule has 0 unspecified atom stereocenters. The second-order valence-electron chi connectivity index (χ2n) is 6.96. The van der Waals surface area contributed by atoms with Crippen LogP contribution in [0.15, 0.2) is 0 Å². The van der Waals surface area contributed by atoms with Gasteiger partial charge in [-0.25, -0.2) is 4.98 Å². The van der Waals surface area contributed by atoms with Crippen LogP contribution in [0, 0.1) is 19.8 Å². The number of hydrogen-bond acceptors (Lipinski definition) is 4. The molecule has 7 nitrogen and oxygen atoms in total. The third kappa shape index (κ3) is 3.76. The van der Waals surface area contributed by atoms with Gasteiger partial charge < -0.3 is 10.2 Å². The van der Waals surface area contributed by atoms with Crippen molar-refractivity contribution in [2.75, 3.05) is 13.1 Å². The SMILES string of the molecule is Cc1nc(C)n(CCCNC(=O)[C@@H]2CC(=O)N(C3CCCC3)C2)n1. The van der Waals surface area contributed by atoms with Crippen molar-refractivity contribution in [3.05, 3.63) is 11.6 Å². The van der Waals surface area contributed by atoms with Gasteiger partial charge in [0.1, 0.15) is 11.6 Å². The molecular formula is C17H27N5O2. The Labute approximate surface area is 142 Å². The number of carbonyl (C=O) groups is 2. The largest absolute Gasteiger partial charge is 0.356 e. The minimum absolute atomic E-state index is 0.00957. The van der Waals surface area contributed by atoms with Crippen molar-refractivity contribution >= 4 is 11.8 Å². The second kappa shape index (κ2) is 7.32. The predicted octanol–water partition coefficient (Wildman–Crippen LogP) is 1.19. The highest BCUT2D eigenvalue weighted by Gasteiger charge is 2.38. The summed E-state index contributed by atoms with van der Waals surface area (Å²) in [6.45, 7) is 5.74. The van der Waals surface area contributed by atoms with E-state index in [2.05, 4.69) is 15.4 Å². The summed E-state index contributed by atoms with van der Waals surface area (Å²) in [5.41, 5.74) is 0. The Kier molecular flexibility index (Phi) is 5.16. The summed E-state index contributed by atoms with van der Waals surface area (Å²) in [5, 5.41) is 7.28. The van der Waals surface area contributed by atoms with Crippen molar-refractivity contribution in [1.82, 2.24) is 25.0 Å². The van der Waals surface area contributed by atoms with Crippen molar-refractivity contribution in [3.63, 3.8) is 0 Å². The summed E-state index contributed by atoms with van der Waals surface area (Å²) in [6.07, 6.45) is 5.76. The summed E-state index contributed by atoms with van der Waals surface area (Å²) in [7, 11) is 0. The topological polar surface area (TPSA) is 80.1 Å². The van der Waals surface area contributed by atoms with Gasteiger partial charge in [0, 0.05) is 32.1 Å². The second-order valence-corrected chi connectivity index (χ2v) is 6.96.